The summed E-state index contributed by atoms with van der Waals surface area (Å²) in [5, 5.41) is 12.3. The molecule has 11 heteroatoms. The van der Waals surface area contributed by atoms with Crippen LogP contribution in [0.15, 0.2) is 72.8 Å². The number of carbonyl (C=O) groups excluding carboxylic acids is 3. The third-order valence-corrected chi connectivity index (χ3v) is 8.02. The van der Waals surface area contributed by atoms with Crippen LogP contribution in [0.4, 0.5) is 10.5 Å². The molecule has 1 saturated heterocycles. The van der Waals surface area contributed by atoms with E-state index < -0.39 is 18.1 Å². The number of imidazole rings is 1. The lowest BCUT2D eigenvalue weighted by Crippen LogP contribution is -2.38. The number of aromatic nitrogens is 2. The molecule has 0 bridgehead atoms. The van der Waals surface area contributed by atoms with Gasteiger partial charge >= 0.3 is 6.03 Å². The molecule has 0 saturated carbocycles. The second-order valence-corrected chi connectivity index (χ2v) is 11.9. The third-order valence-electron chi connectivity index (χ3n) is 8.02. The van der Waals surface area contributed by atoms with Gasteiger partial charge in [0, 0.05) is 18.3 Å². The molecule has 238 valence electrons. The van der Waals surface area contributed by atoms with E-state index in [1.807, 2.05) is 55.8 Å². The van der Waals surface area contributed by atoms with Crippen LogP contribution in [0.3, 0.4) is 0 Å². The van der Waals surface area contributed by atoms with Gasteiger partial charge in [0.2, 0.25) is 0 Å². The number of nitrogens with two attached hydrogens (primary N) is 1. The zero-order chi connectivity index (χ0) is 32.8. The summed E-state index contributed by atoms with van der Waals surface area (Å²) < 4.78 is 7.71. The largest absolute Gasteiger partial charge is 0.457 e. The number of nitrogens with zero attached hydrogens (tertiary/aromatic N) is 5. The number of benzene rings is 3. The van der Waals surface area contributed by atoms with E-state index in [9.17, 15) is 19.6 Å². The average molecular weight is 622 g/mol. The summed E-state index contributed by atoms with van der Waals surface area (Å²) in [6.07, 6.45) is 2.56. The van der Waals surface area contributed by atoms with Crippen molar-refractivity contribution >= 4 is 34.6 Å². The summed E-state index contributed by atoms with van der Waals surface area (Å²) in [6, 6.07) is 22.1. The average Bonchev–Trinajstić information content (AvgIpc) is 3.54. The molecule has 2 heterocycles. The molecule has 1 aliphatic rings. The highest BCUT2D eigenvalue weighted by Gasteiger charge is 2.43. The van der Waals surface area contributed by atoms with Crippen LogP contribution in [-0.4, -0.2) is 51.4 Å². The number of para-hydroxylation sites is 1. The van der Waals surface area contributed by atoms with Crippen molar-refractivity contribution < 1.29 is 19.1 Å². The quantitative estimate of drug-likeness (QED) is 0.144. The van der Waals surface area contributed by atoms with E-state index in [0.29, 0.717) is 59.0 Å². The van der Waals surface area contributed by atoms with E-state index >= 15 is 0 Å². The number of fused-ring (bicyclic) bond motifs is 1. The molecule has 0 aliphatic carbocycles. The number of ether oxygens (including phenoxy) is 1. The van der Waals surface area contributed by atoms with Crippen molar-refractivity contribution in [3.8, 4) is 17.6 Å². The Morgan fingerprint density at radius 2 is 1.76 bits per heavy atom. The first-order valence-electron chi connectivity index (χ1n) is 15.5. The smallest absolute Gasteiger partial charge is 0.332 e. The molecule has 0 unspecified atom stereocenters. The molecule has 46 heavy (non-hydrogen) atoms. The van der Waals surface area contributed by atoms with Crippen molar-refractivity contribution in [2.45, 2.75) is 51.6 Å². The fourth-order valence-electron chi connectivity index (χ4n) is 5.67. The van der Waals surface area contributed by atoms with Crippen LogP contribution >= 0.6 is 0 Å². The topological polar surface area (TPSA) is 147 Å². The summed E-state index contributed by atoms with van der Waals surface area (Å²) >= 11 is 0. The molecule has 2 atom stereocenters. The summed E-state index contributed by atoms with van der Waals surface area (Å²) in [5.41, 5.74) is 7.84. The highest BCUT2D eigenvalue weighted by Crippen LogP contribution is 2.35. The molecule has 11 nitrogen and oxygen atoms in total. The Hall–Kier alpha value is -5.21. The standard InChI is InChI=1S/C35H39N7O4/c1-23(2)19-31(33-39-29-17-12-24(20-30(29)40(33)3)34(44)38-25(21-37)9-7-8-18-36)42-32(43)22-41(35(42)45)26-13-15-28(16-14-26)46-27-10-5-4-6-11-27/h4-6,10-17,20,23,25,31H,7-9,18-19,22,36H2,1-3H3,(H,38,44)/t25-,31+/m0/s1. The molecule has 1 fully saturated rings. The van der Waals surface area contributed by atoms with E-state index in [-0.39, 0.29) is 24.3 Å². The molecule has 5 rings (SSSR count). The van der Waals surface area contributed by atoms with Crippen molar-refractivity contribution in [2.75, 3.05) is 18.0 Å². The minimum Gasteiger partial charge on any atom is -0.457 e. The maximum Gasteiger partial charge on any atom is 0.332 e. The van der Waals surface area contributed by atoms with Gasteiger partial charge in [-0.05, 0) is 92.7 Å². The monoisotopic (exact) mass is 621 g/mol. The minimum absolute atomic E-state index is 0.0913. The number of carbonyl (C=O) groups is 3. The van der Waals surface area contributed by atoms with Crippen LogP contribution in [0.5, 0.6) is 11.5 Å². The number of anilines is 1. The molecular weight excluding hydrogens is 582 g/mol. The normalized spacial score (nSPS) is 14.5. The first-order valence-corrected chi connectivity index (χ1v) is 15.5. The second-order valence-electron chi connectivity index (χ2n) is 11.9. The molecule has 3 aromatic carbocycles. The van der Waals surface area contributed by atoms with Crippen molar-refractivity contribution in [3.05, 3.63) is 84.2 Å². The number of unbranched alkanes of at least 4 members (excludes halogenated alkanes) is 1. The summed E-state index contributed by atoms with van der Waals surface area (Å²) in [7, 11) is 1.82. The van der Waals surface area contributed by atoms with E-state index in [0.717, 1.165) is 12.8 Å². The molecular formula is C35H39N7O4. The van der Waals surface area contributed by atoms with E-state index in [1.54, 1.807) is 42.5 Å². The lowest BCUT2D eigenvalue weighted by atomic mass is 10.0. The maximum atomic E-state index is 13.9. The number of imide groups is 1. The fraction of sp³-hybridized carbons (Fsp3) is 0.343. The third kappa shape index (κ3) is 7.03. The fourth-order valence-corrected chi connectivity index (χ4v) is 5.67. The number of nitriles is 1. The zero-order valence-corrected chi connectivity index (χ0v) is 26.3. The van der Waals surface area contributed by atoms with Gasteiger partial charge in [0.25, 0.3) is 11.8 Å². The lowest BCUT2D eigenvalue weighted by Gasteiger charge is -2.27. The van der Waals surface area contributed by atoms with Crippen molar-refractivity contribution in [1.29, 1.82) is 5.26 Å². The number of amides is 4. The number of hydrogen-bond donors (Lipinski definition) is 2. The van der Waals surface area contributed by atoms with Crippen LogP contribution < -0.4 is 20.7 Å². The molecule has 1 aliphatic heterocycles. The van der Waals surface area contributed by atoms with Crippen LogP contribution in [0, 0.1) is 17.2 Å². The van der Waals surface area contributed by atoms with Gasteiger partial charge < -0.3 is 20.4 Å². The molecule has 0 spiro atoms. The SMILES string of the molecule is CC(C)C[C@H](c1nc2ccc(C(=O)N[C@H](C#N)CCCCN)cc2n1C)N1C(=O)CN(c2ccc(Oc3ccccc3)cc2)C1=O. The summed E-state index contributed by atoms with van der Waals surface area (Å²) in [6.45, 7) is 4.51. The van der Waals surface area contributed by atoms with E-state index in [1.165, 1.54) is 9.80 Å². The molecule has 3 N–H and O–H groups in total. The van der Waals surface area contributed by atoms with Crippen LogP contribution in [0.1, 0.15) is 61.8 Å². The number of aryl methyl sites for hydroxylation is 1. The van der Waals surface area contributed by atoms with Gasteiger partial charge in [-0.25, -0.2) is 9.78 Å². The molecule has 0 radical (unpaired) electrons. The predicted octanol–water partition coefficient (Wildman–Crippen LogP) is 5.67. The first-order chi connectivity index (χ1) is 22.2. The lowest BCUT2D eigenvalue weighted by molar-refractivity contribution is -0.127. The summed E-state index contributed by atoms with van der Waals surface area (Å²) in [4.78, 5) is 48.0. The second kappa shape index (κ2) is 14.3. The van der Waals surface area contributed by atoms with Gasteiger partial charge in [-0.2, -0.15) is 5.26 Å². The Morgan fingerprint density at radius 1 is 1.04 bits per heavy atom. The van der Waals surface area contributed by atoms with Crippen molar-refractivity contribution in [3.63, 3.8) is 0 Å². The number of hydrogen-bond acceptors (Lipinski definition) is 7. The Kier molecular flexibility index (Phi) is 9.98. The Bertz CT molecular complexity index is 1740. The maximum absolute atomic E-state index is 13.9. The van der Waals surface area contributed by atoms with Crippen molar-refractivity contribution in [2.24, 2.45) is 18.7 Å². The van der Waals surface area contributed by atoms with E-state index in [2.05, 4.69) is 11.4 Å². The van der Waals surface area contributed by atoms with E-state index in [4.69, 9.17) is 15.5 Å². The first kappa shape index (κ1) is 32.2. The highest BCUT2D eigenvalue weighted by molar-refractivity contribution is 6.12. The number of rotatable bonds is 13. The van der Waals surface area contributed by atoms with Crippen LogP contribution in [0.2, 0.25) is 0 Å². The minimum atomic E-state index is -0.620. The number of nitrogens with one attached hydrogen (secondary N) is 1. The van der Waals surface area contributed by atoms with Gasteiger partial charge in [-0.1, -0.05) is 32.0 Å². The Balaban J connectivity index is 1.38. The molecule has 1 aromatic heterocycles. The number of urea groups is 1. The van der Waals surface area contributed by atoms with Crippen LogP contribution in [-0.2, 0) is 11.8 Å². The van der Waals surface area contributed by atoms with Gasteiger partial charge in [0.15, 0.2) is 0 Å². The van der Waals surface area contributed by atoms with Gasteiger partial charge in [0.05, 0.1) is 23.1 Å². The van der Waals surface area contributed by atoms with Gasteiger partial charge in [-0.3, -0.25) is 19.4 Å². The highest BCUT2D eigenvalue weighted by atomic mass is 16.5. The van der Waals surface area contributed by atoms with Crippen molar-refractivity contribution in [1.82, 2.24) is 19.8 Å². The Labute approximate surface area is 268 Å². The molecule has 4 aromatic rings. The zero-order valence-electron chi connectivity index (χ0n) is 26.3. The Morgan fingerprint density at radius 3 is 2.43 bits per heavy atom. The summed E-state index contributed by atoms with van der Waals surface area (Å²) in [5.74, 6) is 1.34. The van der Waals surface area contributed by atoms with Gasteiger partial charge in [0.1, 0.15) is 29.9 Å². The van der Waals surface area contributed by atoms with Gasteiger partial charge in [-0.15, -0.1) is 0 Å². The van der Waals surface area contributed by atoms with Crippen LogP contribution in [0.25, 0.3) is 11.0 Å². The predicted molar refractivity (Wildman–Crippen MR) is 175 cm³/mol. The molecule has 4 amide bonds.